The maximum absolute atomic E-state index is 11.9. The average Bonchev–Trinajstić information content (AvgIpc) is 2.61. The quantitative estimate of drug-likeness (QED) is 0.846. The van der Waals surface area contributed by atoms with Gasteiger partial charge in [0.15, 0.2) is 0 Å². The van der Waals surface area contributed by atoms with Crippen LogP contribution in [0.15, 0.2) is 48.5 Å². The van der Waals surface area contributed by atoms with Gasteiger partial charge in [0.25, 0.3) is 0 Å². The molecule has 128 valence electrons. The van der Waals surface area contributed by atoms with Crippen molar-refractivity contribution in [3.8, 4) is 5.75 Å². The molecule has 0 radical (unpaired) electrons. The summed E-state index contributed by atoms with van der Waals surface area (Å²) in [6, 6.07) is 16.4. The van der Waals surface area contributed by atoms with Crippen molar-refractivity contribution in [1.82, 2.24) is 5.32 Å². The third kappa shape index (κ3) is 4.75. The van der Waals surface area contributed by atoms with Gasteiger partial charge in [-0.3, -0.25) is 4.79 Å². The molecule has 0 atom stereocenters. The van der Waals surface area contributed by atoms with Gasteiger partial charge in [0.05, 0.1) is 13.7 Å². The lowest BCUT2D eigenvalue weighted by Crippen LogP contribution is -2.35. The first-order chi connectivity index (χ1) is 11.5. The zero-order valence-electron chi connectivity index (χ0n) is 14.9. The largest absolute Gasteiger partial charge is 0.497 e. The van der Waals surface area contributed by atoms with Crippen molar-refractivity contribution in [2.45, 2.75) is 26.3 Å². The van der Waals surface area contributed by atoms with Crippen LogP contribution < -0.4 is 15.0 Å². The smallest absolute Gasteiger partial charge is 0.239 e. The highest BCUT2D eigenvalue weighted by atomic mass is 16.5. The van der Waals surface area contributed by atoms with Crippen LogP contribution in [-0.4, -0.2) is 26.6 Å². The van der Waals surface area contributed by atoms with Crippen LogP contribution in [0.4, 0.5) is 5.69 Å². The van der Waals surface area contributed by atoms with Crippen molar-refractivity contribution in [3.63, 3.8) is 0 Å². The van der Waals surface area contributed by atoms with Crippen molar-refractivity contribution in [3.05, 3.63) is 59.7 Å². The van der Waals surface area contributed by atoms with Crippen LogP contribution >= 0.6 is 0 Å². The fourth-order valence-electron chi connectivity index (χ4n) is 2.51. The summed E-state index contributed by atoms with van der Waals surface area (Å²) in [5.74, 6) is 1.31. The minimum Gasteiger partial charge on any atom is -0.497 e. The number of carbonyl (C=O) groups excluding carboxylic acids is 1. The monoisotopic (exact) mass is 326 g/mol. The highest BCUT2D eigenvalue weighted by Crippen LogP contribution is 2.22. The number of amides is 1. The third-order valence-electron chi connectivity index (χ3n) is 4.07. The number of nitrogens with zero attached hydrogens (tertiary/aromatic N) is 1. The van der Waals surface area contributed by atoms with Gasteiger partial charge in [-0.2, -0.15) is 0 Å². The summed E-state index contributed by atoms with van der Waals surface area (Å²) in [7, 11) is 3.31. The maximum Gasteiger partial charge on any atom is 0.239 e. The van der Waals surface area contributed by atoms with E-state index >= 15 is 0 Å². The Morgan fingerprint density at radius 2 is 1.71 bits per heavy atom. The molecule has 24 heavy (non-hydrogen) atoms. The number of methoxy groups -OCH3 is 1. The van der Waals surface area contributed by atoms with Crippen LogP contribution in [0.1, 0.15) is 30.9 Å². The second-order valence-corrected chi connectivity index (χ2v) is 6.12. The highest BCUT2D eigenvalue weighted by molar-refractivity contribution is 5.81. The lowest BCUT2D eigenvalue weighted by Gasteiger charge is -2.24. The molecule has 0 aliphatic heterocycles. The fourth-order valence-corrected chi connectivity index (χ4v) is 2.51. The molecule has 4 heteroatoms. The van der Waals surface area contributed by atoms with E-state index < -0.39 is 0 Å². The molecule has 4 nitrogen and oxygen atoms in total. The molecule has 2 aromatic carbocycles. The number of nitrogens with one attached hydrogen (secondary N) is 1. The van der Waals surface area contributed by atoms with Gasteiger partial charge in [0.2, 0.25) is 5.91 Å². The van der Waals surface area contributed by atoms with Gasteiger partial charge in [-0.25, -0.2) is 0 Å². The Labute approximate surface area is 144 Å². The molecule has 0 aromatic heterocycles. The molecule has 0 aliphatic rings. The Morgan fingerprint density at radius 3 is 2.21 bits per heavy atom. The number of hydrogen-bond donors (Lipinski definition) is 1. The van der Waals surface area contributed by atoms with Crippen LogP contribution in [0.3, 0.4) is 0 Å². The SMILES string of the molecule is CNC(=O)CN(Cc1ccc(C(C)C)cc1)c1ccc(OC)cc1. The van der Waals surface area contributed by atoms with Crippen molar-refractivity contribution in [2.75, 3.05) is 25.6 Å². The van der Waals surface area contributed by atoms with E-state index in [0.29, 0.717) is 19.0 Å². The van der Waals surface area contributed by atoms with Crippen LogP contribution in [0.2, 0.25) is 0 Å². The lowest BCUT2D eigenvalue weighted by molar-refractivity contribution is -0.119. The standard InChI is InChI=1S/C20H26N2O2/c1-15(2)17-7-5-16(6-8-17)13-22(14-20(23)21-3)18-9-11-19(24-4)12-10-18/h5-12,15H,13-14H2,1-4H3,(H,21,23). The number of rotatable bonds is 7. The number of carbonyl (C=O) groups is 1. The van der Waals surface area contributed by atoms with E-state index in [4.69, 9.17) is 4.74 Å². The first kappa shape index (κ1) is 17.9. The summed E-state index contributed by atoms with van der Waals surface area (Å²) in [4.78, 5) is 13.9. The van der Waals surface area contributed by atoms with Crippen molar-refractivity contribution in [2.24, 2.45) is 0 Å². The summed E-state index contributed by atoms with van der Waals surface area (Å²) >= 11 is 0. The maximum atomic E-state index is 11.9. The Morgan fingerprint density at radius 1 is 1.08 bits per heavy atom. The second kappa shape index (κ2) is 8.39. The Kier molecular flexibility index (Phi) is 6.24. The molecule has 0 bridgehead atoms. The lowest BCUT2D eigenvalue weighted by atomic mass is 10.0. The summed E-state index contributed by atoms with van der Waals surface area (Å²) in [6.45, 7) is 5.36. The Hall–Kier alpha value is -2.49. The van der Waals surface area contributed by atoms with E-state index in [0.717, 1.165) is 11.4 Å². The van der Waals surface area contributed by atoms with Gasteiger partial charge in [-0.1, -0.05) is 38.1 Å². The Bertz CT molecular complexity index is 648. The minimum absolute atomic E-state index is 0.00961. The number of anilines is 1. The topological polar surface area (TPSA) is 41.6 Å². The molecule has 0 saturated heterocycles. The number of likely N-dealkylation sites (N-methyl/N-ethyl adjacent to an activating group) is 1. The second-order valence-electron chi connectivity index (χ2n) is 6.12. The molecule has 0 aliphatic carbocycles. The number of benzene rings is 2. The molecule has 0 unspecified atom stereocenters. The third-order valence-corrected chi connectivity index (χ3v) is 4.07. The molecule has 0 heterocycles. The zero-order chi connectivity index (χ0) is 17.5. The van der Waals surface area contributed by atoms with Gasteiger partial charge >= 0.3 is 0 Å². The first-order valence-electron chi connectivity index (χ1n) is 8.22. The van der Waals surface area contributed by atoms with Gasteiger partial charge in [0, 0.05) is 19.3 Å². The molecule has 2 rings (SSSR count). The summed E-state index contributed by atoms with van der Waals surface area (Å²) < 4.78 is 5.21. The van der Waals surface area contributed by atoms with Gasteiger partial charge in [0.1, 0.15) is 5.75 Å². The van der Waals surface area contributed by atoms with E-state index in [1.54, 1.807) is 14.2 Å². The molecular formula is C20H26N2O2. The van der Waals surface area contributed by atoms with E-state index in [-0.39, 0.29) is 5.91 Å². The van der Waals surface area contributed by atoms with Crippen molar-refractivity contribution >= 4 is 11.6 Å². The average molecular weight is 326 g/mol. The van der Waals surface area contributed by atoms with Crippen molar-refractivity contribution < 1.29 is 9.53 Å². The highest BCUT2D eigenvalue weighted by Gasteiger charge is 2.12. The zero-order valence-corrected chi connectivity index (χ0v) is 14.9. The predicted molar refractivity (Wildman–Crippen MR) is 98.6 cm³/mol. The van der Waals surface area contributed by atoms with Crippen LogP contribution in [0, 0.1) is 0 Å². The first-order valence-corrected chi connectivity index (χ1v) is 8.22. The van der Waals surface area contributed by atoms with Crippen molar-refractivity contribution in [1.29, 1.82) is 0 Å². The van der Waals surface area contributed by atoms with Crippen LogP contribution in [-0.2, 0) is 11.3 Å². The van der Waals surface area contributed by atoms with E-state index in [9.17, 15) is 4.79 Å². The predicted octanol–water partition coefficient (Wildman–Crippen LogP) is 3.57. The molecule has 0 saturated carbocycles. The molecule has 1 amide bonds. The normalized spacial score (nSPS) is 10.5. The molecule has 0 spiro atoms. The Balaban J connectivity index is 2.19. The van der Waals surface area contributed by atoms with Gasteiger partial charge in [-0.15, -0.1) is 0 Å². The molecule has 0 fully saturated rings. The van der Waals surface area contributed by atoms with Crippen LogP contribution in [0.5, 0.6) is 5.75 Å². The molecule has 2 aromatic rings. The minimum atomic E-state index is -0.00961. The van der Waals surface area contributed by atoms with E-state index in [1.807, 2.05) is 24.3 Å². The fraction of sp³-hybridized carbons (Fsp3) is 0.350. The van der Waals surface area contributed by atoms with Crippen LogP contribution in [0.25, 0.3) is 0 Å². The van der Waals surface area contributed by atoms with E-state index in [1.165, 1.54) is 11.1 Å². The number of hydrogen-bond acceptors (Lipinski definition) is 3. The summed E-state index contributed by atoms with van der Waals surface area (Å²) in [5, 5.41) is 2.69. The summed E-state index contributed by atoms with van der Waals surface area (Å²) in [5.41, 5.74) is 3.49. The molecular weight excluding hydrogens is 300 g/mol. The van der Waals surface area contributed by atoms with E-state index in [2.05, 4.69) is 48.3 Å². The van der Waals surface area contributed by atoms with Gasteiger partial charge in [-0.05, 0) is 41.3 Å². The summed E-state index contributed by atoms with van der Waals surface area (Å²) in [6.07, 6.45) is 0. The molecule has 1 N–H and O–H groups in total. The number of ether oxygens (including phenoxy) is 1. The van der Waals surface area contributed by atoms with Gasteiger partial charge < -0.3 is 15.0 Å².